The van der Waals surface area contributed by atoms with Gasteiger partial charge in [-0.1, -0.05) is 12.1 Å². The van der Waals surface area contributed by atoms with Gasteiger partial charge in [-0.2, -0.15) is 0 Å². The summed E-state index contributed by atoms with van der Waals surface area (Å²) in [7, 11) is 0. The molecule has 2 aliphatic heterocycles. The molecule has 2 aliphatic rings. The molecule has 2 aromatic heterocycles. The Labute approximate surface area is 173 Å². The third-order valence-electron chi connectivity index (χ3n) is 5.95. The number of amides is 1. The predicted molar refractivity (Wildman–Crippen MR) is 115 cm³/mol. The van der Waals surface area contributed by atoms with E-state index in [4.69, 9.17) is 0 Å². The van der Waals surface area contributed by atoms with E-state index in [0.717, 1.165) is 58.9 Å². The molecule has 3 aromatic rings. The fourth-order valence-electron chi connectivity index (χ4n) is 4.60. The van der Waals surface area contributed by atoms with Crippen LogP contribution in [0.3, 0.4) is 0 Å². The van der Waals surface area contributed by atoms with Crippen molar-refractivity contribution in [1.29, 1.82) is 0 Å². The van der Waals surface area contributed by atoms with Crippen molar-refractivity contribution >= 4 is 39.1 Å². The number of thiazole rings is 1. The molecule has 8 heteroatoms. The molecule has 5 rings (SSSR count). The van der Waals surface area contributed by atoms with E-state index in [2.05, 4.69) is 36.1 Å². The lowest BCUT2D eigenvalue weighted by atomic mass is 10.1. The molecule has 2 bridgehead atoms. The fourth-order valence-corrected chi connectivity index (χ4v) is 5.22. The SMILES string of the molecule is Cc1ccc(C)c(NC(=O)CN2CC3CCC(C2)N3c2ncnc3scnc23)c1. The number of fused-ring (bicyclic) bond motifs is 3. The van der Waals surface area contributed by atoms with E-state index >= 15 is 0 Å². The maximum atomic E-state index is 12.7. The van der Waals surface area contributed by atoms with Crippen LogP contribution in [0, 0.1) is 13.8 Å². The van der Waals surface area contributed by atoms with Crippen LogP contribution in [0.4, 0.5) is 11.5 Å². The first-order valence-corrected chi connectivity index (χ1v) is 10.9. The zero-order valence-corrected chi connectivity index (χ0v) is 17.4. The third kappa shape index (κ3) is 3.47. The Morgan fingerprint density at radius 1 is 1.17 bits per heavy atom. The van der Waals surface area contributed by atoms with E-state index in [1.54, 1.807) is 17.7 Å². The topological polar surface area (TPSA) is 74.2 Å². The van der Waals surface area contributed by atoms with Crippen LogP contribution in [-0.2, 0) is 4.79 Å². The quantitative estimate of drug-likeness (QED) is 0.715. The summed E-state index contributed by atoms with van der Waals surface area (Å²) in [5.74, 6) is 0.999. The van der Waals surface area contributed by atoms with Gasteiger partial charge < -0.3 is 10.2 Å². The lowest BCUT2D eigenvalue weighted by molar-refractivity contribution is -0.117. The maximum absolute atomic E-state index is 12.7. The minimum atomic E-state index is 0.0514. The van der Waals surface area contributed by atoms with E-state index in [9.17, 15) is 4.79 Å². The first-order chi connectivity index (χ1) is 14.1. The van der Waals surface area contributed by atoms with E-state index in [1.165, 1.54) is 0 Å². The van der Waals surface area contributed by atoms with Gasteiger partial charge >= 0.3 is 0 Å². The van der Waals surface area contributed by atoms with Gasteiger partial charge in [0.25, 0.3) is 0 Å². The van der Waals surface area contributed by atoms with Crippen LogP contribution >= 0.6 is 11.3 Å². The monoisotopic (exact) mass is 408 g/mol. The van der Waals surface area contributed by atoms with Crippen LogP contribution in [0.25, 0.3) is 10.3 Å². The van der Waals surface area contributed by atoms with E-state index in [1.807, 2.05) is 31.5 Å². The van der Waals surface area contributed by atoms with Crippen molar-refractivity contribution in [1.82, 2.24) is 19.9 Å². The van der Waals surface area contributed by atoms with Gasteiger partial charge in [-0.3, -0.25) is 9.69 Å². The van der Waals surface area contributed by atoms with Gasteiger partial charge in [0.05, 0.1) is 12.1 Å². The van der Waals surface area contributed by atoms with Crippen molar-refractivity contribution in [3.63, 3.8) is 0 Å². The Kier molecular flexibility index (Phi) is 4.67. The van der Waals surface area contributed by atoms with Crippen LogP contribution in [0.2, 0.25) is 0 Å². The summed E-state index contributed by atoms with van der Waals surface area (Å²) in [5, 5.41) is 3.09. The number of anilines is 2. The minimum absolute atomic E-state index is 0.0514. The summed E-state index contributed by atoms with van der Waals surface area (Å²) < 4.78 is 0. The number of aromatic nitrogens is 3. The highest BCUT2D eigenvalue weighted by Crippen LogP contribution is 2.36. The van der Waals surface area contributed by atoms with Gasteiger partial charge in [0.2, 0.25) is 5.91 Å². The number of hydrogen-bond acceptors (Lipinski definition) is 7. The molecule has 2 saturated heterocycles. The summed E-state index contributed by atoms with van der Waals surface area (Å²) in [5.41, 5.74) is 5.87. The Morgan fingerprint density at radius 3 is 2.76 bits per heavy atom. The highest BCUT2D eigenvalue weighted by Gasteiger charge is 2.41. The average molecular weight is 409 g/mol. The highest BCUT2D eigenvalue weighted by atomic mass is 32.1. The van der Waals surface area contributed by atoms with Crippen LogP contribution in [0.1, 0.15) is 24.0 Å². The first kappa shape index (κ1) is 18.4. The number of nitrogens with one attached hydrogen (secondary N) is 1. The van der Waals surface area contributed by atoms with Crippen molar-refractivity contribution < 1.29 is 4.79 Å². The van der Waals surface area contributed by atoms with Crippen LogP contribution in [0.15, 0.2) is 30.0 Å². The van der Waals surface area contributed by atoms with Gasteiger partial charge in [0.15, 0.2) is 5.82 Å². The van der Waals surface area contributed by atoms with E-state index in [0.29, 0.717) is 18.6 Å². The predicted octanol–water partition coefficient (Wildman–Crippen LogP) is 2.99. The van der Waals surface area contributed by atoms with Gasteiger partial charge in [-0.05, 0) is 43.9 Å². The van der Waals surface area contributed by atoms with E-state index < -0.39 is 0 Å². The highest BCUT2D eigenvalue weighted by molar-refractivity contribution is 7.16. The van der Waals surface area contributed by atoms with Crippen LogP contribution in [-0.4, -0.2) is 57.5 Å². The number of carbonyl (C=O) groups is 1. The maximum Gasteiger partial charge on any atom is 0.238 e. The first-order valence-electron chi connectivity index (χ1n) is 10.0. The molecule has 0 saturated carbocycles. The molecule has 150 valence electrons. The average Bonchev–Trinajstić information content (AvgIpc) is 3.27. The molecular weight excluding hydrogens is 384 g/mol. The molecule has 0 aliphatic carbocycles. The third-order valence-corrected chi connectivity index (χ3v) is 6.69. The Hall–Kier alpha value is -2.58. The second-order valence-electron chi connectivity index (χ2n) is 8.06. The number of hydrogen-bond donors (Lipinski definition) is 1. The second kappa shape index (κ2) is 7.35. The van der Waals surface area contributed by atoms with Crippen molar-refractivity contribution in [3.05, 3.63) is 41.2 Å². The van der Waals surface area contributed by atoms with Gasteiger partial charge in [0.1, 0.15) is 16.7 Å². The largest absolute Gasteiger partial charge is 0.346 e. The van der Waals surface area contributed by atoms with E-state index in [-0.39, 0.29) is 5.91 Å². The van der Waals surface area contributed by atoms with Gasteiger partial charge in [-0.15, -0.1) is 11.3 Å². The number of nitrogens with zero attached hydrogens (tertiary/aromatic N) is 5. The lowest BCUT2D eigenvalue weighted by Gasteiger charge is -2.41. The standard InChI is InChI=1S/C21H24N6OS/c1-13-3-4-14(2)17(7-13)25-18(28)10-26-8-15-5-6-16(9-26)27(15)20-19-21(23-11-22-20)29-12-24-19/h3-4,7,11-12,15-16H,5-6,8-10H2,1-2H3,(H,25,28). The normalized spacial score (nSPS) is 21.7. The molecule has 29 heavy (non-hydrogen) atoms. The Bertz CT molecular complexity index is 1050. The molecule has 1 N–H and O–H groups in total. The van der Waals surface area contributed by atoms with Crippen molar-refractivity contribution in [2.24, 2.45) is 0 Å². The number of rotatable bonds is 4. The van der Waals surface area contributed by atoms with Gasteiger partial charge in [0, 0.05) is 30.9 Å². The number of likely N-dealkylation sites (tertiary alicyclic amines) is 1. The summed E-state index contributed by atoms with van der Waals surface area (Å²) >= 11 is 1.55. The number of benzene rings is 1. The Morgan fingerprint density at radius 2 is 1.97 bits per heavy atom. The molecule has 0 spiro atoms. The van der Waals surface area contributed by atoms with Crippen molar-refractivity contribution in [2.45, 2.75) is 38.8 Å². The lowest BCUT2D eigenvalue weighted by Crippen LogP contribution is -2.55. The number of aryl methyl sites for hydroxylation is 2. The van der Waals surface area contributed by atoms with Crippen molar-refractivity contribution in [3.8, 4) is 0 Å². The second-order valence-corrected chi connectivity index (χ2v) is 8.89. The summed E-state index contributed by atoms with van der Waals surface area (Å²) in [6, 6.07) is 6.87. The van der Waals surface area contributed by atoms with Crippen molar-refractivity contribution in [2.75, 3.05) is 29.9 Å². The van der Waals surface area contributed by atoms with Crippen LogP contribution in [0.5, 0.6) is 0 Å². The summed E-state index contributed by atoms with van der Waals surface area (Å²) in [4.78, 5) is 31.7. The molecule has 1 amide bonds. The number of carbonyl (C=O) groups excluding carboxylic acids is 1. The summed E-state index contributed by atoms with van der Waals surface area (Å²) in [6.07, 6.45) is 3.88. The fraction of sp³-hybridized carbons (Fsp3) is 0.429. The molecular formula is C21H24N6OS. The number of piperazine rings is 1. The summed E-state index contributed by atoms with van der Waals surface area (Å²) in [6.45, 7) is 6.22. The molecule has 4 heterocycles. The van der Waals surface area contributed by atoms with Gasteiger partial charge in [-0.25, -0.2) is 15.0 Å². The molecule has 1 aromatic carbocycles. The zero-order chi connectivity index (χ0) is 20.0. The minimum Gasteiger partial charge on any atom is -0.346 e. The molecule has 7 nitrogen and oxygen atoms in total. The Balaban J connectivity index is 1.28. The molecule has 2 fully saturated rings. The smallest absolute Gasteiger partial charge is 0.238 e. The van der Waals surface area contributed by atoms with Crippen LogP contribution < -0.4 is 10.2 Å². The zero-order valence-electron chi connectivity index (χ0n) is 16.6. The molecule has 2 atom stereocenters. The molecule has 2 unspecified atom stereocenters. The molecule has 0 radical (unpaired) electrons.